The summed E-state index contributed by atoms with van der Waals surface area (Å²) in [6.07, 6.45) is 0.930. The molecule has 0 unspecified atom stereocenters. The van der Waals surface area contributed by atoms with Crippen LogP contribution in [-0.2, 0) is 6.54 Å². The molecule has 2 aromatic heterocycles. The smallest absolute Gasteiger partial charge is 0.229 e. The van der Waals surface area contributed by atoms with E-state index in [4.69, 9.17) is 9.97 Å². The fourth-order valence-electron chi connectivity index (χ4n) is 4.51. The molecule has 3 heterocycles. The lowest BCUT2D eigenvalue weighted by Crippen LogP contribution is -2.47. The minimum atomic E-state index is -0.729. The van der Waals surface area contributed by atoms with Crippen molar-refractivity contribution >= 4 is 28.6 Å². The summed E-state index contributed by atoms with van der Waals surface area (Å²) >= 11 is 0. The highest BCUT2D eigenvalue weighted by molar-refractivity contribution is 5.84. The Morgan fingerprint density at radius 2 is 1.64 bits per heavy atom. The molecular weight excluding hydrogens is 458 g/mol. The number of aliphatic hydroxyl groups is 2. The number of anilines is 3. The monoisotopic (exact) mass is 489 g/mol. The molecule has 2 atom stereocenters. The van der Waals surface area contributed by atoms with E-state index >= 15 is 0 Å². The number of benzene rings is 2. The number of aromatic hydroxyl groups is 1. The van der Waals surface area contributed by atoms with Crippen molar-refractivity contribution in [2.24, 2.45) is 0 Å². The van der Waals surface area contributed by atoms with Crippen LogP contribution in [0.25, 0.3) is 11.2 Å². The highest BCUT2D eigenvalue weighted by Crippen LogP contribution is 2.27. The van der Waals surface area contributed by atoms with Crippen LogP contribution in [0, 0.1) is 0 Å². The summed E-state index contributed by atoms with van der Waals surface area (Å²) in [6, 6.07) is 16.4. The van der Waals surface area contributed by atoms with E-state index in [-0.39, 0.29) is 18.4 Å². The van der Waals surface area contributed by atoms with E-state index in [1.165, 1.54) is 0 Å². The topological polar surface area (TPSA) is 123 Å². The molecule has 4 N–H and O–H groups in total. The lowest BCUT2D eigenvalue weighted by molar-refractivity contribution is 0.160. The standard InChI is InChI=1S/C26H31N7O3/c1-18(23(36)19-5-3-2-4-6-19)28-24-22-25(33(15-16-34)17-27-22)30-26(29-24)32-13-11-31(12-14-32)20-7-9-21(35)10-8-20/h2-10,17-18,23,34-36H,11-16H2,1H3,(H,28,29,30)/t18-,23-/m1/s1. The van der Waals surface area contributed by atoms with Crippen LogP contribution in [-0.4, -0.2) is 73.7 Å². The first kappa shape index (κ1) is 23.8. The summed E-state index contributed by atoms with van der Waals surface area (Å²) in [6.45, 7) is 5.28. The number of hydrogen-bond acceptors (Lipinski definition) is 9. The summed E-state index contributed by atoms with van der Waals surface area (Å²) in [5.74, 6) is 1.39. The Hall–Kier alpha value is -3.89. The predicted octanol–water partition coefficient (Wildman–Crippen LogP) is 2.38. The van der Waals surface area contributed by atoms with Crippen molar-refractivity contribution < 1.29 is 15.3 Å². The highest BCUT2D eigenvalue weighted by atomic mass is 16.3. The van der Waals surface area contributed by atoms with Gasteiger partial charge >= 0.3 is 0 Å². The number of imidazole rings is 1. The number of aliphatic hydroxyl groups excluding tert-OH is 2. The lowest BCUT2D eigenvalue weighted by atomic mass is 10.0. The minimum Gasteiger partial charge on any atom is -0.508 e. The van der Waals surface area contributed by atoms with Crippen LogP contribution >= 0.6 is 0 Å². The molecule has 0 bridgehead atoms. The van der Waals surface area contributed by atoms with Gasteiger partial charge in [0, 0.05) is 38.4 Å². The number of rotatable bonds is 8. The van der Waals surface area contributed by atoms with Crippen molar-refractivity contribution in [2.75, 3.05) is 47.9 Å². The van der Waals surface area contributed by atoms with Crippen LogP contribution < -0.4 is 15.1 Å². The summed E-state index contributed by atoms with van der Waals surface area (Å²) in [5.41, 5.74) is 3.12. The van der Waals surface area contributed by atoms with Crippen LogP contribution in [0.3, 0.4) is 0 Å². The average molecular weight is 490 g/mol. The van der Waals surface area contributed by atoms with Crippen LogP contribution in [0.2, 0.25) is 0 Å². The Morgan fingerprint density at radius 1 is 0.944 bits per heavy atom. The quantitative estimate of drug-likeness (QED) is 0.295. The van der Waals surface area contributed by atoms with Gasteiger partial charge in [0.05, 0.1) is 25.1 Å². The van der Waals surface area contributed by atoms with Gasteiger partial charge in [0.25, 0.3) is 0 Å². The third kappa shape index (κ3) is 4.91. The number of nitrogens with zero attached hydrogens (tertiary/aromatic N) is 6. The molecule has 2 aromatic carbocycles. The number of phenolic OH excluding ortho intramolecular Hbond substituents is 1. The van der Waals surface area contributed by atoms with E-state index in [1.54, 1.807) is 18.5 Å². The molecule has 0 aliphatic carbocycles. The number of fused-ring (bicyclic) bond motifs is 1. The second-order valence-electron chi connectivity index (χ2n) is 8.99. The SMILES string of the molecule is C[C@@H](Nc1nc(N2CCN(c3ccc(O)cc3)CC2)nc2c1ncn2CCO)[C@@H](O)c1ccccc1. The second-order valence-corrected chi connectivity index (χ2v) is 8.99. The van der Waals surface area contributed by atoms with Crippen molar-refractivity contribution in [3.05, 3.63) is 66.5 Å². The largest absolute Gasteiger partial charge is 0.508 e. The molecular formula is C26H31N7O3. The fourth-order valence-corrected chi connectivity index (χ4v) is 4.51. The van der Waals surface area contributed by atoms with E-state index in [2.05, 4.69) is 20.1 Å². The number of phenols is 1. The van der Waals surface area contributed by atoms with Gasteiger partial charge in [-0.15, -0.1) is 0 Å². The Morgan fingerprint density at radius 3 is 2.33 bits per heavy atom. The Kier molecular flexibility index (Phi) is 6.88. The molecule has 0 radical (unpaired) electrons. The van der Waals surface area contributed by atoms with Crippen molar-refractivity contribution in [2.45, 2.75) is 25.6 Å². The van der Waals surface area contributed by atoms with Gasteiger partial charge in [0.15, 0.2) is 17.0 Å². The molecule has 1 aliphatic heterocycles. The number of hydrogen-bond donors (Lipinski definition) is 4. The minimum absolute atomic E-state index is 0.0258. The maximum absolute atomic E-state index is 10.9. The van der Waals surface area contributed by atoms with Gasteiger partial charge < -0.3 is 35.0 Å². The molecule has 188 valence electrons. The van der Waals surface area contributed by atoms with Gasteiger partial charge in [0.1, 0.15) is 5.75 Å². The van der Waals surface area contributed by atoms with Crippen LogP contribution in [0.4, 0.5) is 17.5 Å². The summed E-state index contributed by atoms with van der Waals surface area (Å²) in [4.78, 5) is 18.5. The zero-order valence-electron chi connectivity index (χ0n) is 20.2. The maximum Gasteiger partial charge on any atom is 0.229 e. The molecule has 1 fully saturated rings. The zero-order chi connectivity index (χ0) is 25.1. The Labute approximate surface area is 209 Å². The molecule has 4 aromatic rings. The first-order valence-corrected chi connectivity index (χ1v) is 12.2. The van der Waals surface area contributed by atoms with Crippen molar-refractivity contribution in [1.82, 2.24) is 19.5 Å². The number of aromatic nitrogens is 4. The van der Waals surface area contributed by atoms with E-state index in [1.807, 2.05) is 54.0 Å². The third-order valence-corrected chi connectivity index (χ3v) is 6.55. The van der Waals surface area contributed by atoms with E-state index in [9.17, 15) is 15.3 Å². The van der Waals surface area contributed by atoms with Crippen LogP contribution in [0.15, 0.2) is 60.9 Å². The Balaban J connectivity index is 1.40. The molecule has 0 saturated carbocycles. The average Bonchev–Trinajstić information content (AvgIpc) is 3.32. The summed E-state index contributed by atoms with van der Waals surface area (Å²) in [5, 5.41) is 33.3. The molecule has 10 heteroatoms. The second kappa shape index (κ2) is 10.4. The van der Waals surface area contributed by atoms with Crippen molar-refractivity contribution in [1.29, 1.82) is 0 Å². The molecule has 0 spiro atoms. The van der Waals surface area contributed by atoms with Crippen LogP contribution in [0.1, 0.15) is 18.6 Å². The third-order valence-electron chi connectivity index (χ3n) is 6.55. The summed E-state index contributed by atoms with van der Waals surface area (Å²) in [7, 11) is 0. The molecule has 1 aliphatic rings. The molecule has 0 amide bonds. The zero-order valence-corrected chi connectivity index (χ0v) is 20.2. The van der Waals surface area contributed by atoms with E-state index in [0.717, 1.165) is 37.4 Å². The van der Waals surface area contributed by atoms with Gasteiger partial charge in [-0.1, -0.05) is 30.3 Å². The van der Waals surface area contributed by atoms with Crippen molar-refractivity contribution in [3.63, 3.8) is 0 Å². The molecule has 10 nitrogen and oxygen atoms in total. The van der Waals surface area contributed by atoms with Crippen LogP contribution in [0.5, 0.6) is 5.75 Å². The molecule has 1 saturated heterocycles. The Bertz CT molecular complexity index is 1290. The van der Waals surface area contributed by atoms with Gasteiger partial charge in [0.2, 0.25) is 5.95 Å². The number of piperazine rings is 1. The predicted molar refractivity (Wildman–Crippen MR) is 139 cm³/mol. The van der Waals surface area contributed by atoms with Gasteiger partial charge in [-0.2, -0.15) is 9.97 Å². The first-order chi connectivity index (χ1) is 17.5. The number of nitrogens with one attached hydrogen (secondary N) is 1. The van der Waals surface area contributed by atoms with Gasteiger partial charge in [-0.05, 0) is 36.8 Å². The summed E-state index contributed by atoms with van der Waals surface area (Å²) < 4.78 is 1.82. The van der Waals surface area contributed by atoms with Gasteiger partial charge in [-0.3, -0.25) is 0 Å². The maximum atomic E-state index is 10.9. The highest BCUT2D eigenvalue weighted by Gasteiger charge is 2.24. The fraction of sp³-hybridized carbons (Fsp3) is 0.346. The van der Waals surface area contributed by atoms with Gasteiger partial charge in [-0.25, -0.2) is 4.98 Å². The van der Waals surface area contributed by atoms with Crippen molar-refractivity contribution in [3.8, 4) is 5.75 Å². The molecule has 5 rings (SSSR count). The lowest BCUT2D eigenvalue weighted by Gasteiger charge is -2.36. The first-order valence-electron chi connectivity index (χ1n) is 12.2. The van der Waals surface area contributed by atoms with E-state index in [0.29, 0.717) is 29.5 Å². The van der Waals surface area contributed by atoms with E-state index < -0.39 is 6.10 Å². The molecule has 36 heavy (non-hydrogen) atoms. The normalized spacial score (nSPS) is 15.8.